The highest BCUT2D eigenvalue weighted by Crippen LogP contribution is 2.37. The molecule has 3 aromatic rings. The topological polar surface area (TPSA) is 125 Å². The standard InChI is InChI=1S/C36H40O9S/c1-24(2)25(3)31(37)21-32-30(23-46(40,41)29-18-12-7-13-19-29)34(42-4)33(45-32)20-28(44-36(39)27-16-10-6-11-17-27)22-43-35(38)26-14-8-5-9-15-26/h5-19,28,30-34,37H,1,3,20-23H2,2,4H3/t28-,30?,31+,32-,33+,34+/m0/s1. The van der Waals surface area contributed by atoms with Gasteiger partial charge in [0.15, 0.2) is 9.84 Å². The SMILES string of the molecule is C=C(C)C(=C)[C@H](O)C[C@@H]1O[C@H](C[C@@H](COC(=O)c2ccccc2)OC(=O)c2ccccc2)[C@H](OC)C1CS(=O)(=O)c1ccccc1. The fraction of sp³-hybridized carbons (Fsp3) is 0.333. The molecule has 1 aliphatic heterocycles. The number of carbonyl (C=O) groups excluding carboxylic acids is 2. The smallest absolute Gasteiger partial charge is 0.338 e. The predicted octanol–water partition coefficient (Wildman–Crippen LogP) is 5.21. The second-order valence-electron chi connectivity index (χ2n) is 11.3. The highest BCUT2D eigenvalue weighted by atomic mass is 32.2. The van der Waals surface area contributed by atoms with Gasteiger partial charge in [0.2, 0.25) is 0 Å². The predicted molar refractivity (Wildman–Crippen MR) is 173 cm³/mol. The second kappa shape index (κ2) is 16.0. The third-order valence-corrected chi connectivity index (χ3v) is 9.81. The van der Waals surface area contributed by atoms with Crippen LogP contribution in [0.15, 0.2) is 120 Å². The molecule has 6 atom stereocenters. The van der Waals surface area contributed by atoms with Crippen molar-refractivity contribution >= 4 is 21.8 Å². The fourth-order valence-electron chi connectivity index (χ4n) is 5.49. The molecule has 1 unspecified atom stereocenters. The van der Waals surface area contributed by atoms with Crippen molar-refractivity contribution in [1.82, 2.24) is 0 Å². The number of esters is 2. The van der Waals surface area contributed by atoms with Gasteiger partial charge >= 0.3 is 11.9 Å². The molecule has 9 nitrogen and oxygen atoms in total. The van der Waals surface area contributed by atoms with Crippen LogP contribution >= 0.6 is 0 Å². The average molecular weight is 649 g/mol. The summed E-state index contributed by atoms with van der Waals surface area (Å²) in [6.07, 6.45) is -4.26. The van der Waals surface area contributed by atoms with Crippen molar-refractivity contribution in [2.24, 2.45) is 5.92 Å². The lowest BCUT2D eigenvalue weighted by Gasteiger charge is -2.26. The Morgan fingerprint density at radius 2 is 1.39 bits per heavy atom. The summed E-state index contributed by atoms with van der Waals surface area (Å²) in [7, 11) is -2.33. The number of hydrogen-bond acceptors (Lipinski definition) is 9. The summed E-state index contributed by atoms with van der Waals surface area (Å²) < 4.78 is 50.7. The van der Waals surface area contributed by atoms with Crippen molar-refractivity contribution in [1.29, 1.82) is 0 Å². The van der Waals surface area contributed by atoms with Gasteiger partial charge in [-0.1, -0.05) is 73.3 Å². The lowest BCUT2D eigenvalue weighted by atomic mass is 9.90. The van der Waals surface area contributed by atoms with E-state index in [9.17, 15) is 23.1 Å². The molecule has 0 spiro atoms. The van der Waals surface area contributed by atoms with Crippen LogP contribution < -0.4 is 0 Å². The maximum absolute atomic E-state index is 13.5. The van der Waals surface area contributed by atoms with E-state index in [-0.39, 0.29) is 30.1 Å². The van der Waals surface area contributed by atoms with Gasteiger partial charge in [0.05, 0.1) is 46.2 Å². The Bertz CT molecular complexity index is 1590. The first-order valence-electron chi connectivity index (χ1n) is 15.0. The van der Waals surface area contributed by atoms with E-state index in [2.05, 4.69) is 13.2 Å². The summed E-state index contributed by atoms with van der Waals surface area (Å²) in [5.41, 5.74) is 1.64. The molecule has 0 radical (unpaired) electrons. The first kappa shape index (κ1) is 34.8. The van der Waals surface area contributed by atoms with E-state index in [0.717, 1.165) is 0 Å². The minimum absolute atomic E-state index is 0.0229. The van der Waals surface area contributed by atoms with Crippen LogP contribution in [-0.4, -0.2) is 75.5 Å². The number of benzene rings is 3. The Balaban J connectivity index is 1.60. The molecule has 1 fully saturated rings. The molecule has 0 aromatic heterocycles. The monoisotopic (exact) mass is 648 g/mol. The van der Waals surface area contributed by atoms with Crippen LogP contribution in [0.25, 0.3) is 0 Å². The van der Waals surface area contributed by atoms with Gasteiger partial charge in [-0.3, -0.25) is 0 Å². The van der Waals surface area contributed by atoms with E-state index in [1.807, 2.05) is 0 Å². The zero-order valence-electron chi connectivity index (χ0n) is 26.0. The fourth-order valence-corrected chi connectivity index (χ4v) is 7.17. The Kier molecular flexibility index (Phi) is 12.1. The molecular formula is C36H40O9S. The Morgan fingerprint density at radius 3 is 1.93 bits per heavy atom. The molecule has 1 heterocycles. The lowest BCUT2D eigenvalue weighted by Crippen LogP contribution is -2.38. The Labute approximate surface area is 270 Å². The van der Waals surface area contributed by atoms with Crippen LogP contribution in [0, 0.1) is 5.92 Å². The molecule has 1 saturated heterocycles. The summed E-state index contributed by atoms with van der Waals surface area (Å²) in [6.45, 7) is 9.21. The van der Waals surface area contributed by atoms with Gasteiger partial charge in [0, 0.05) is 25.9 Å². The quantitative estimate of drug-likeness (QED) is 0.175. The zero-order chi connectivity index (χ0) is 33.3. The normalized spacial score (nSPS) is 20.8. The maximum Gasteiger partial charge on any atom is 0.338 e. The van der Waals surface area contributed by atoms with E-state index in [1.54, 1.807) is 85.8 Å². The van der Waals surface area contributed by atoms with Gasteiger partial charge in [0.25, 0.3) is 0 Å². The number of ether oxygens (including phenoxy) is 4. The lowest BCUT2D eigenvalue weighted by molar-refractivity contribution is -0.0560. The first-order valence-corrected chi connectivity index (χ1v) is 16.6. The molecule has 244 valence electrons. The summed E-state index contributed by atoms with van der Waals surface area (Å²) in [4.78, 5) is 26.0. The number of carbonyl (C=O) groups is 2. The molecule has 0 amide bonds. The van der Waals surface area contributed by atoms with Gasteiger partial charge in [-0.2, -0.15) is 0 Å². The minimum Gasteiger partial charge on any atom is -0.458 e. The highest BCUT2D eigenvalue weighted by molar-refractivity contribution is 7.91. The van der Waals surface area contributed by atoms with Gasteiger partial charge in [-0.15, -0.1) is 0 Å². The van der Waals surface area contributed by atoms with Gasteiger partial charge in [0.1, 0.15) is 12.7 Å². The Morgan fingerprint density at radius 1 is 0.848 bits per heavy atom. The van der Waals surface area contributed by atoms with Gasteiger partial charge in [-0.05, 0) is 48.9 Å². The molecule has 0 saturated carbocycles. The van der Waals surface area contributed by atoms with E-state index >= 15 is 0 Å². The summed E-state index contributed by atoms with van der Waals surface area (Å²) in [5, 5.41) is 10.9. The first-order chi connectivity index (χ1) is 22.0. The van der Waals surface area contributed by atoms with Crippen molar-refractivity contribution in [2.45, 2.75) is 55.2 Å². The van der Waals surface area contributed by atoms with E-state index in [0.29, 0.717) is 22.3 Å². The number of methoxy groups -OCH3 is 1. The van der Waals surface area contributed by atoms with Crippen LogP contribution in [0.1, 0.15) is 40.5 Å². The molecule has 0 bridgehead atoms. The third-order valence-electron chi connectivity index (χ3n) is 8.00. The van der Waals surface area contributed by atoms with Crippen LogP contribution in [-0.2, 0) is 28.8 Å². The van der Waals surface area contributed by atoms with Gasteiger partial charge < -0.3 is 24.1 Å². The number of aliphatic hydroxyl groups is 1. The van der Waals surface area contributed by atoms with Crippen molar-refractivity contribution in [2.75, 3.05) is 19.5 Å². The molecule has 4 rings (SSSR count). The molecule has 10 heteroatoms. The number of aliphatic hydroxyl groups excluding tert-OH is 1. The van der Waals surface area contributed by atoms with Crippen LogP contribution in [0.3, 0.4) is 0 Å². The van der Waals surface area contributed by atoms with E-state index in [1.165, 1.54) is 19.2 Å². The summed E-state index contributed by atoms with van der Waals surface area (Å²) in [5.74, 6) is -2.24. The Hall–Kier alpha value is -4.09. The van der Waals surface area contributed by atoms with Crippen molar-refractivity contribution in [3.8, 4) is 0 Å². The minimum atomic E-state index is -3.79. The second-order valence-corrected chi connectivity index (χ2v) is 13.4. The van der Waals surface area contributed by atoms with Crippen LogP contribution in [0.5, 0.6) is 0 Å². The molecule has 1 N–H and O–H groups in total. The van der Waals surface area contributed by atoms with Gasteiger partial charge in [-0.25, -0.2) is 18.0 Å². The zero-order valence-corrected chi connectivity index (χ0v) is 26.8. The average Bonchev–Trinajstić information content (AvgIpc) is 3.37. The number of rotatable bonds is 15. The summed E-state index contributed by atoms with van der Waals surface area (Å²) in [6, 6.07) is 24.9. The summed E-state index contributed by atoms with van der Waals surface area (Å²) >= 11 is 0. The van der Waals surface area contributed by atoms with Crippen molar-refractivity contribution in [3.63, 3.8) is 0 Å². The highest BCUT2D eigenvalue weighted by Gasteiger charge is 2.48. The van der Waals surface area contributed by atoms with E-state index < -0.39 is 58.2 Å². The largest absolute Gasteiger partial charge is 0.458 e. The number of sulfone groups is 1. The van der Waals surface area contributed by atoms with Crippen molar-refractivity contribution in [3.05, 3.63) is 126 Å². The molecule has 3 aromatic carbocycles. The molecular weight excluding hydrogens is 608 g/mol. The number of hydrogen-bond donors (Lipinski definition) is 1. The molecule has 0 aliphatic carbocycles. The third kappa shape index (κ3) is 9.01. The van der Waals surface area contributed by atoms with E-state index in [4.69, 9.17) is 18.9 Å². The van der Waals surface area contributed by atoms with Crippen molar-refractivity contribution < 1.29 is 42.1 Å². The van der Waals surface area contributed by atoms with Crippen LogP contribution in [0.4, 0.5) is 0 Å². The molecule has 46 heavy (non-hydrogen) atoms. The molecule has 1 aliphatic rings. The van der Waals surface area contributed by atoms with Crippen LogP contribution in [0.2, 0.25) is 0 Å². The maximum atomic E-state index is 13.5.